The second-order valence-corrected chi connectivity index (χ2v) is 8.49. The fraction of sp³-hybridized carbons (Fsp3) is 0.440. The normalized spacial score (nSPS) is 19.8. The third-order valence-electron chi connectivity index (χ3n) is 6.40. The van der Waals surface area contributed by atoms with E-state index < -0.39 is 0 Å². The zero-order chi connectivity index (χ0) is 22.1. The molecule has 2 aromatic carbocycles. The number of hydrogen-bond donors (Lipinski definition) is 1. The minimum Gasteiger partial charge on any atom is -0.490 e. The van der Waals surface area contributed by atoms with Crippen LogP contribution in [0.2, 0.25) is 0 Å². The Morgan fingerprint density at radius 1 is 1.06 bits per heavy atom. The molecule has 1 amide bonds. The van der Waals surface area contributed by atoms with Crippen LogP contribution in [-0.4, -0.2) is 25.3 Å². The summed E-state index contributed by atoms with van der Waals surface area (Å²) in [6.45, 7) is 2.51. The Bertz CT molecular complexity index is 1040. The van der Waals surface area contributed by atoms with Gasteiger partial charge in [-0.05, 0) is 49.1 Å². The zero-order valence-corrected chi connectivity index (χ0v) is 18.1. The Morgan fingerprint density at radius 2 is 1.84 bits per heavy atom. The lowest BCUT2D eigenvalue weighted by Crippen LogP contribution is -2.24. The van der Waals surface area contributed by atoms with Crippen LogP contribution in [0.3, 0.4) is 0 Å². The first-order valence-corrected chi connectivity index (χ1v) is 11.3. The summed E-state index contributed by atoms with van der Waals surface area (Å²) in [6, 6.07) is 9.30. The van der Waals surface area contributed by atoms with Gasteiger partial charge in [0.15, 0.2) is 23.0 Å². The number of fused-ring (bicyclic) bond motifs is 2. The molecule has 168 valence electrons. The van der Waals surface area contributed by atoms with Gasteiger partial charge in [-0.3, -0.25) is 9.59 Å². The second-order valence-electron chi connectivity index (χ2n) is 8.49. The van der Waals surface area contributed by atoms with Crippen molar-refractivity contribution in [3.63, 3.8) is 0 Å². The number of benzene rings is 2. The maximum atomic E-state index is 12.7. The molecule has 2 heterocycles. The van der Waals surface area contributed by atoms with Crippen LogP contribution in [0.15, 0.2) is 30.3 Å². The van der Waals surface area contributed by atoms with E-state index in [1.165, 1.54) is 6.42 Å². The summed E-state index contributed by atoms with van der Waals surface area (Å²) in [6.07, 6.45) is 5.38. The number of anilines is 1. The summed E-state index contributed by atoms with van der Waals surface area (Å²) in [5, 5.41) is 2.93. The van der Waals surface area contributed by atoms with Gasteiger partial charge in [-0.2, -0.15) is 0 Å². The van der Waals surface area contributed by atoms with Crippen molar-refractivity contribution in [1.82, 2.24) is 0 Å². The summed E-state index contributed by atoms with van der Waals surface area (Å²) in [5.41, 5.74) is 2.60. The molecule has 2 aromatic rings. The molecule has 32 heavy (non-hydrogen) atoms. The lowest BCUT2D eigenvalue weighted by molar-refractivity contribution is -0.140. The van der Waals surface area contributed by atoms with Gasteiger partial charge in [0.1, 0.15) is 0 Å². The Hall–Kier alpha value is -3.22. The quantitative estimate of drug-likeness (QED) is 0.536. The minimum atomic E-state index is -0.187. The summed E-state index contributed by atoms with van der Waals surface area (Å²) in [7, 11) is 0. The predicted molar refractivity (Wildman–Crippen MR) is 117 cm³/mol. The van der Waals surface area contributed by atoms with Crippen LogP contribution >= 0.6 is 0 Å². The number of nitrogens with one attached hydrogen (secondary N) is 1. The van der Waals surface area contributed by atoms with E-state index in [1.807, 2.05) is 31.2 Å². The van der Waals surface area contributed by atoms with Crippen molar-refractivity contribution in [3.8, 4) is 23.0 Å². The van der Waals surface area contributed by atoms with Gasteiger partial charge >= 0.3 is 5.97 Å². The van der Waals surface area contributed by atoms with E-state index >= 15 is 0 Å². The first-order chi connectivity index (χ1) is 15.6. The van der Waals surface area contributed by atoms with E-state index in [0.717, 1.165) is 42.5 Å². The maximum absolute atomic E-state index is 12.7. The summed E-state index contributed by atoms with van der Waals surface area (Å²) in [4.78, 5) is 25.1. The van der Waals surface area contributed by atoms with Gasteiger partial charge in [-0.25, -0.2) is 0 Å². The zero-order valence-electron chi connectivity index (χ0n) is 18.1. The number of esters is 1. The molecule has 1 atom stereocenters. The Morgan fingerprint density at radius 3 is 2.62 bits per heavy atom. The van der Waals surface area contributed by atoms with Crippen LogP contribution < -0.4 is 24.3 Å². The van der Waals surface area contributed by atoms with Crippen molar-refractivity contribution >= 4 is 17.6 Å². The van der Waals surface area contributed by atoms with E-state index in [-0.39, 0.29) is 30.5 Å². The number of ether oxygens (including phenoxy) is 4. The number of hydrogen-bond acceptors (Lipinski definition) is 6. The highest BCUT2D eigenvalue weighted by Crippen LogP contribution is 2.46. The van der Waals surface area contributed by atoms with Crippen LogP contribution in [0.4, 0.5) is 5.69 Å². The van der Waals surface area contributed by atoms with Crippen molar-refractivity contribution in [1.29, 1.82) is 0 Å². The molecule has 0 bridgehead atoms. The number of rotatable bonds is 5. The molecule has 2 aliphatic heterocycles. The first-order valence-electron chi connectivity index (χ1n) is 11.3. The smallest absolute Gasteiger partial charge is 0.314 e. The molecule has 0 radical (unpaired) electrons. The number of amides is 1. The maximum Gasteiger partial charge on any atom is 0.314 e. The topological polar surface area (TPSA) is 83.1 Å². The van der Waals surface area contributed by atoms with E-state index in [9.17, 15) is 9.59 Å². The lowest BCUT2D eigenvalue weighted by Gasteiger charge is -2.27. The van der Waals surface area contributed by atoms with Crippen molar-refractivity contribution in [2.45, 2.75) is 51.4 Å². The van der Waals surface area contributed by atoms with E-state index in [2.05, 4.69) is 5.32 Å². The molecule has 5 rings (SSSR count). The van der Waals surface area contributed by atoms with Gasteiger partial charge in [-0.15, -0.1) is 0 Å². The van der Waals surface area contributed by atoms with Crippen LogP contribution in [0.5, 0.6) is 23.0 Å². The standard InChI is InChI=1S/C25H27NO6/c1-2-29-21-10-16(8-9-20(21)32-25(28)15-6-4-3-5-7-15)17-12-24(27)26-19-13-23-22(11-18(17)19)30-14-31-23/h8-11,13,15,17H,2-7,12,14H2,1H3,(H,26,27)/t17-/m1/s1. The van der Waals surface area contributed by atoms with Gasteiger partial charge in [0.2, 0.25) is 12.7 Å². The van der Waals surface area contributed by atoms with Gasteiger partial charge in [0.05, 0.1) is 12.5 Å². The molecule has 1 fully saturated rings. The highest BCUT2D eigenvalue weighted by Gasteiger charge is 2.31. The lowest BCUT2D eigenvalue weighted by atomic mass is 9.84. The molecule has 1 saturated carbocycles. The van der Waals surface area contributed by atoms with Gasteiger partial charge in [0.25, 0.3) is 0 Å². The molecular formula is C25H27NO6. The average Bonchev–Trinajstić information content (AvgIpc) is 3.26. The SMILES string of the molecule is CCOc1cc([C@H]2CC(=O)Nc3cc4c(cc32)OCO4)ccc1OC(=O)C1CCCCC1. The Balaban J connectivity index is 1.45. The number of carbonyl (C=O) groups is 2. The molecule has 3 aliphatic rings. The number of carbonyl (C=O) groups excluding carboxylic acids is 2. The van der Waals surface area contributed by atoms with Crippen molar-refractivity contribution in [2.75, 3.05) is 18.7 Å². The molecule has 7 heteroatoms. The van der Waals surface area contributed by atoms with Crippen molar-refractivity contribution in [2.24, 2.45) is 5.92 Å². The van der Waals surface area contributed by atoms with Crippen molar-refractivity contribution < 1.29 is 28.5 Å². The Labute approximate surface area is 187 Å². The van der Waals surface area contributed by atoms with Crippen LogP contribution in [-0.2, 0) is 9.59 Å². The van der Waals surface area contributed by atoms with E-state index in [1.54, 1.807) is 6.07 Å². The fourth-order valence-electron chi connectivity index (χ4n) is 4.77. The highest BCUT2D eigenvalue weighted by molar-refractivity contribution is 5.96. The van der Waals surface area contributed by atoms with E-state index in [4.69, 9.17) is 18.9 Å². The van der Waals surface area contributed by atoms with Gasteiger partial charge in [-0.1, -0.05) is 25.3 Å². The molecule has 0 spiro atoms. The first kappa shape index (κ1) is 20.7. The summed E-state index contributed by atoms with van der Waals surface area (Å²) < 4.78 is 22.6. The third kappa shape index (κ3) is 3.99. The Kier molecular flexibility index (Phi) is 5.64. The second kappa shape index (κ2) is 8.73. The third-order valence-corrected chi connectivity index (χ3v) is 6.40. The van der Waals surface area contributed by atoms with E-state index in [0.29, 0.717) is 36.0 Å². The average molecular weight is 437 g/mol. The highest BCUT2D eigenvalue weighted by atomic mass is 16.7. The largest absolute Gasteiger partial charge is 0.490 e. The molecular weight excluding hydrogens is 410 g/mol. The fourth-order valence-corrected chi connectivity index (χ4v) is 4.77. The van der Waals surface area contributed by atoms with Crippen LogP contribution in [0, 0.1) is 5.92 Å². The van der Waals surface area contributed by atoms with Gasteiger partial charge < -0.3 is 24.3 Å². The monoisotopic (exact) mass is 437 g/mol. The predicted octanol–water partition coefficient (Wildman–Crippen LogP) is 4.77. The van der Waals surface area contributed by atoms with Crippen LogP contribution in [0.1, 0.15) is 62.5 Å². The molecule has 0 saturated heterocycles. The molecule has 7 nitrogen and oxygen atoms in total. The van der Waals surface area contributed by atoms with Crippen LogP contribution in [0.25, 0.3) is 0 Å². The van der Waals surface area contributed by atoms with Gasteiger partial charge in [0, 0.05) is 24.1 Å². The summed E-state index contributed by atoms with van der Waals surface area (Å²) >= 11 is 0. The minimum absolute atomic E-state index is 0.0452. The van der Waals surface area contributed by atoms with Crippen molar-refractivity contribution in [3.05, 3.63) is 41.5 Å². The molecule has 1 N–H and O–H groups in total. The summed E-state index contributed by atoms with van der Waals surface area (Å²) in [5.74, 6) is 1.78. The molecule has 0 aromatic heterocycles. The molecule has 0 unspecified atom stereocenters. The molecule has 1 aliphatic carbocycles.